The van der Waals surface area contributed by atoms with Crippen LogP contribution in [0.4, 0.5) is 0 Å². The summed E-state index contributed by atoms with van der Waals surface area (Å²) in [7, 11) is -14.2. The van der Waals surface area contributed by atoms with Crippen LogP contribution in [0.3, 0.4) is 0 Å². The van der Waals surface area contributed by atoms with E-state index in [4.69, 9.17) is 9.79 Å². The zero-order valence-corrected chi connectivity index (χ0v) is 10.8. The summed E-state index contributed by atoms with van der Waals surface area (Å²) in [6, 6.07) is 0. The molecule has 0 aromatic rings. The topological polar surface area (TPSA) is 141 Å². The van der Waals surface area contributed by atoms with Crippen molar-refractivity contribution < 1.29 is 45.7 Å². The van der Waals surface area contributed by atoms with Crippen LogP contribution in [0.1, 0.15) is 0 Å². The van der Waals surface area contributed by atoms with Crippen molar-refractivity contribution in [3.05, 3.63) is 0 Å². The minimum Gasteiger partial charge on any atom is -0.302 e. The van der Waals surface area contributed by atoms with Crippen LogP contribution in [0.2, 0.25) is 0 Å². The highest BCUT2D eigenvalue weighted by atomic mass is 31.3. The van der Waals surface area contributed by atoms with Crippen LogP contribution >= 0.6 is 23.5 Å². The molecule has 0 amide bonds. The highest BCUT2D eigenvalue weighted by Crippen LogP contribution is 2.70. The SMILES string of the molecule is O=P1(O)OCN2COP(=O)(OC2)OP(=O)(O)O1. The molecule has 3 aliphatic rings. The number of rotatable bonds is 0. The summed E-state index contributed by atoms with van der Waals surface area (Å²) in [6.45, 7) is -1.12. The average Bonchev–Trinajstić information content (AvgIpc) is 2.13. The number of hydrogen-bond donors (Lipinski definition) is 2. The predicted molar refractivity (Wildman–Crippen MR) is 49.1 cm³/mol. The maximum absolute atomic E-state index is 11.6. The maximum atomic E-state index is 11.6. The summed E-state index contributed by atoms with van der Waals surface area (Å²) in [5.41, 5.74) is 0. The van der Waals surface area contributed by atoms with Gasteiger partial charge >= 0.3 is 23.5 Å². The molecule has 3 rings (SSSR count). The zero-order chi connectivity index (χ0) is 12.7. The smallest absolute Gasteiger partial charge is 0.302 e. The number of fused-ring (bicyclic) bond motifs is 7. The van der Waals surface area contributed by atoms with E-state index in [9.17, 15) is 13.7 Å². The van der Waals surface area contributed by atoms with Gasteiger partial charge in [0.25, 0.3) is 0 Å². The van der Waals surface area contributed by atoms with Gasteiger partial charge in [-0.15, -0.1) is 0 Å². The summed E-state index contributed by atoms with van der Waals surface area (Å²) in [5, 5.41) is 0. The zero-order valence-electron chi connectivity index (χ0n) is 8.07. The minimum atomic E-state index is -5.11. The second-order valence-corrected chi connectivity index (χ2v) is 7.84. The molecule has 2 bridgehead atoms. The standard InChI is InChI=1S/C3H8NO10P3/c5-15(6)10-1-4-2-11-17(9,12-3-4)14-16(7,8)13-15/h1-3H2,(H,5,6)(H,7,8). The Hall–Kier alpha value is 0.370. The van der Waals surface area contributed by atoms with Crippen molar-refractivity contribution in [2.45, 2.75) is 0 Å². The molecule has 17 heavy (non-hydrogen) atoms. The Bertz CT molecular complexity index is 436. The van der Waals surface area contributed by atoms with E-state index in [0.717, 1.165) is 0 Å². The Labute approximate surface area is 95.0 Å². The van der Waals surface area contributed by atoms with Gasteiger partial charge in [0.1, 0.15) is 20.2 Å². The third-order valence-corrected chi connectivity index (χ3v) is 6.19. The minimum absolute atomic E-state index is 0.322. The molecule has 0 radical (unpaired) electrons. The second-order valence-electron chi connectivity index (χ2n) is 2.99. The van der Waals surface area contributed by atoms with Crippen molar-refractivity contribution >= 4 is 23.5 Å². The van der Waals surface area contributed by atoms with Gasteiger partial charge in [-0.05, 0) is 0 Å². The molecule has 0 aliphatic carbocycles. The fourth-order valence-corrected chi connectivity index (χ4v) is 4.95. The fraction of sp³-hybridized carbons (Fsp3) is 1.00. The maximum Gasteiger partial charge on any atom is 0.490 e. The van der Waals surface area contributed by atoms with Gasteiger partial charge in [-0.3, -0.25) is 13.6 Å². The molecule has 3 fully saturated rings. The van der Waals surface area contributed by atoms with Crippen LogP contribution in [0.5, 0.6) is 0 Å². The molecule has 11 nitrogen and oxygen atoms in total. The van der Waals surface area contributed by atoms with Crippen LogP contribution in [-0.4, -0.2) is 34.9 Å². The van der Waals surface area contributed by atoms with E-state index in [0.29, 0.717) is 0 Å². The first-order chi connectivity index (χ1) is 7.70. The van der Waals surface area contributed by atoms with E-state index in [-0.39, 0.29) is 13.5 Å². The number of phosphoric acid groups is 3. The average molecular weight is 311 g/mol. The lowest BCUT2D eigenvalue weighted by atomic mass is 10.9. The monoisotopic (exact) mass is 311 g/mol. The van der Waals surface area contributed by atoms with Crippen molar-refractivity contribution in [2.24, 2.45) is 0 Å². The van der Waals surface area contributed by atoms with Gasteiger partial charge in [0.05, 0.1) is 0 Å². The molecule has 0 spiro atoms. The lowest BCUT2D eigenvalue weighted by Gasteiger charge is -2.32. The quantitative estimate of drug-likeness (QED) is 0.606. The Morgan fingerprint density at radius 3 is 1.94 bits per heavy atom. The van der Waals surface area contributed by atoms with Gasteiger partial charge in [-0.25, -0.2) is 18.6 Å². The largest absolute Gasteiger partial charge is 0.490 e. The molecule has 0 saturated carbocycles. The van der Waals surface area contributed by atoms with Crippen molar-refractivity contribution in [1.29, 1.82) is 0 Å². The van der Waals surface area contributed by atoms with Gasteiger partial charge in [0.15, 0.2) is 0 Å². The molecule has 2 atom stereocenters. The first-order valence-corrected chi connectivity index (χ1v) is 8.49. The molecule has 2 N–H and O–H groups in total. The van der Waals surface area contributed by atoms with Crippen molar-refractivity contribution in [3.63, 3.8) is 0 Å². The van der Waals surface area contributed by atoms with Crippen LogP contribution in [0.15, 0.2) is 0 Å². The molecule has 14 heteroatoms. The summed E-state index contributed by atoms with van der Waals surface area (Å²) in [4.78, 5) is 19.3. The molecule has 3 heterocycles. The van der Waals surface area contributed by atoms with Crippen LogP contribution < -0.4 is 0 Å². The molecular formula is C3H8NO10P3. The highest BCUT2D eigenvalue weighted by Gasteiger charge is 2.47. The summed E-state index contributed by atoms with van der Waals surface area (Å²) >= 11 is 0. The molecule has 2 unspecified atom stereocenters. The van der Waals surface area contributed by atoms with Crippen molar-refractivity contribution in [3.8, 4) is 0 Å². The van der Waals surface area contributed by atoms with E-state index in [1.54, 1.807) is 0 Å². The van der Waals surface area contributed by atoms with Crippen LogP contribution in [-0.2, 0) is 35.9 Å². The van der Waals surface area contributed by atoms with Gasteiger partial charge in [-0.1, -0.05) is 0 Å². The molecule has 3 aliphatic heterocycles. The third-order valence-electron chi connectivity index (χ3n) is 1.61. The number of hydrogen-bond acceptors (Lipinski definition) is 9. The Morgan fingerprint density at radius 1 is 0.824 bits per heavy atom. The normalized spacial score (nSPS) is 52.2. The first-order valence-electron chi connectivity index (χ1n) is 4.04. The lowest BCUT2D eigenvalue weighted by molar-refractivity contribution is -0.0678. The van der Waals surface area contributed by atoms with Gasteiger partial charge in [-0.2, -0.15) is 8.62 Å². The van der Waals surface area contributed by atoms with Crippen LogP contribution in [0, 0.1) is 0 Å². The predicted octanol–water partition coefficient (Wildman–Crippen LogP) is 0.580. The van der Waals surface area contributed by atoms with E-state index < -0.39 is 30.2 Å². The second kappa shape index (κ2) is 4.48. The van der Waals surface area contributed by atoms with Crippen molar-refractivity contribution in [1.82, 2.24) is 4.90 Å². The van der Waals surface area contributed by atoms with E-state index in [1.807, 2.05) is 0 Å². The highest BCUT2D eigenvalue weighted by molar-refractivity contribution is 7.67. The number of nitrogens with zero attached hydrogens (tertiary/aromatic N) is 1. The van der Waals surface area contributed by atoms with Crippen LogP contribution in [0.25, 0.3) is 0 Å². The number of phosphoric ester groups is 2. The summed E-state index contributed by atoms with van der Waals surface area (Å²) < 4.78 is 55.4. The molecular weight excluding hydrogens is 303 g/mol. The fourth-order valence-electron chi connectivity index (χ4n) is 0.951. The van der Waals surface area contributed by atoms with E-state index >= 15 is 0 Å². The Balaban J connectivity index is 2.27. The molecule has 0 aromatic heterocycles. The lowest BCUT2D eigenvalue weighted by Crippen LogP contribution is -2.35. The third kappa shape index (κ3) is 3.66. The molecule has 100 valence electrons. The van der Waals surface area contributed by atoms with Gasteiger partial charge in [0, 0.05) is 0 Å². The molecule has 0 aromatic carbocycles. The molecule has 3 saturated heterocycles. The van der Waals surface area contributed by atoms with Crippen molar-refractivity contribution in [2.75, 3.05) is 20.2 Å². The first kappa shape index (κ1) is 13.8. The van der Waals surface area contributed by atoms with Gasteiger partial charge in [0.2, 0.25) is 0 Å². The van der Waals surface area contributed by atoms with E-state index in [2.05, 4.69) is 22.2 Å². The Kier molecular flexibility index (Phi) is 3.64. The van der Waals surface area contributed by atoms with Gasteiger partial charge < -0.3 is 9.79 Å². The summed E-state index contributed by atoms with van der Waals surface area (Å²) in [5.74, 6) is 0. The Morgan fingerprint density at radius 2 is 1.35 bits per heavy atom. The van der Waals surface area contributed by atoms with E-state index in [1.165, 1.54) is 4.90 Å². The summed E-state index contributed by atoms with van der Waals surface area (Å²) in [6.07, 6.45) is 0.